The van der Waals surface area contributed by atoms with E-state index in [-0.39, 0.29) is 0 Å². The highest BCUT2D eigenvalue weighted by molar-refractivity contribution is 6.76. The zero-order chi connectivity index (χ0) is 19.4. The first kappa shape index (κ1) is 19.9. The molecule has 3 rings (SSSR count). The third kappa shape index (κ3) is 5.10. The fraction of sp³-hybridized carbons (Fsp3) is 0.600. The molecule has 1 fully saturated rings. The molecule has 2 aromatic rings. The van der Waals surface area contributed by atoms with Gasteiger partial charge in [0.1, 0.15) is 24.7 Å². The number of ether oxygens (including phenoxy) is 2. The number of rotatable bonds is 8. The standard InChI is InChI=1S/C20H30N4O2Si/c1-6-18-17-9-11-24(15-25-12-13-27(3,4)5)19(17)22-20(21-18)26-14-16-8-7-10-23(16)2/h1,9,11,16H,7-8,10,12-15H2,2-5H3/t16-/m1/s1. The molecule has 146 valence electrons. The number of fused-ring (bicyclic) bond motifs is 1. The van der Waals surface area contributed by atoms with Crippen LogP contribution in [0.25, 0.3) is 11.0 Å². The SMILES string of the molecule is C#Cc1nc(OC[C@H]2CCCN2C)nc2c1ccn2COCC[Si](C)(C)C. The summed E-state index contributed by atoms with van der Waals surface area (Å²) in [6.07, 6.45) is 9.96. The quantitative estimate of drug-likeness (QED) is 0.396. The molecular weight excluding hydrogens is 356 g/mol. The van der Waals surface area contributed by atoms with Crippen LogP contribution in [0, 0.1) is 12.3 Å². The van der Waals surface area contributed by atoms with Crippen molar-refractivity contribution in [2.75, 3.05) is 26.8 Å². The molecule has 0 aliphatic carbocycles. The molecule has 0 radical (unpaired) electrons. The molecular formula is C20H30N4O2Si. The molecule has 1 saturated heterocycles. The van der Waals surface area contributed by atoms with Crippen molar-refractivity contribution < 1.29 is 9.47 Å². The van der Waals surface area contributed by atoms with E-state index >= 15 is 0 Å². The Kier molecular flexibility index (Phi) is 6.20. The Morgan fingerprint density at radius 1 is 1.33 bits per heavy atom. The van der Waals surface area contributed by atoms with Gasteiger partial charge in [0.25, 0.3) is 0 Å². The van der Waals surface area contributed by atoms with E-state index < -0.39 is 8.07 Å². The van der Waals surface area contributed by atoms with E-state index in [4.69, 9.17) is 15.9 Å². The molecule has 0 saturated carbocycles. The highest BCUT2D eigenvalue weighted by Gasteiger charge is 2.22. The average Bonchev–Trinajstić information content (AvgIpc) is 3.21. The van der Waals surface area contributed by atoms with Gasteiger partial charge in [0.2, 0.25) is 0 Å². The molecule has 0 unspecified atom stereocenters. The van der Waals surface area contributed by atoms with Crippen LogP contribution < -0.4 is 4.74 Å². The monoisotopic (exact) mass is 386 g/mol. The summed E-state index contributed by atoms with van der Waals surface area (Å²) in [6, 6.07) is 3.84. The number of hydrogen-bond acceptors (Lipinski definition) is 5. The first-order valence-electron chi connectivity index (χ1n) is 9.61. The van der Waals surface area contributed by atoms with Crippen LogP contribution in [0.2, 0.25) is 25.7 Å². The Labute approximate surface area is 162 Å². The van der Waals surface area contributed by atoms with Crippen LogP contribution in [0.3, 0.4) is 0 Å². The fourth-order valence-electron chi connectivity index (χ4n) is 3.23. The van der Waals surface area contributed by atoms with E-state index in [0.717, 1.165) is 36.6 Å². The van der Waals surface area contributed by atoms with E-state index in [2.05, 4.69) is 47.5 Å². The molecule has 0 amide bonds. The fourth-order valence-corrected chi connectivity index (χ4v) is 3.98. The third-order valence-electron chi connectivity index (χ3n) is 5.04. The molecule has 1 atom stereocenters. The van der Waals surface area contributed by atoms with Crippen LogP contribution in [-0.2, 0) is 11.5 Å². The molecule has 0 aromatic carbocycles. The van der Waals surface area contributed by atoms with Crippen LogP contribution >= 0.6 is 0 Å². The second-order valence-corrected chi connectivity index (χ2v) is 14.1. The molecule has 27 heavy (non-hydrogen) atoms. The van der Waals surface area contributed by atoms with E-state index in [0.29, 0.717) is 31.1 Å². The van der Waals surface area contributed by atoms with Crippen molar-refractivity contribution in [3.05, 3.63) is 18.0 Å². The highest BCUT2D eigenvalue weighted by atomic mass is 28.3. The molecule has 6 nitrogen and oxygen atoms in total. The normalized spacial score (nSPS) is 18.1. The smallest absolute Gasteiger partial charge is 0.319 e. The molecule has 0 bridgehead atoms. The van der Waals surface area contributed by atoms with Crippen LogP contribution in [0.1, 0.15) is 18.5 Å². The number of aromatic nitrogens is 3. The lowest BCUT2D eigenvalue weighted by molar-refractivity contribution is 0.0897. The molecule has 0 spiro atoms. The minimum atomic E-state index is -1.10. The van der Waals surface area contributed by atoms with Crippen molar-refractivity contribution in [1.82, 2.24) is 19.4 Å². The minimum absolute atomic E-state index is 0.345. The zero-order valence-electron chi connectivity index (χ0n) is 16.9. The lowest BCUT2D eigenvalue weighted by Crippen LogP contribution is -2.30. The number of likely N-dealkylation sites (N-methyl/N-ethyl adjacent to an activating group) is 1. The van der Waals surface area contributed by atoms with Crippen LogP contribution in [-0.4, -0.2) is 60.4 Å². The summed E-state index contributed by atoms with van der Waals surface area (Å²) in [5.41, 5.74) is 1.33. The average molecular weight is 387 g/mol. The maximum absolute atomic E-state index is 5.90. The van der Waals surface area contributed by atoms with E-state index in [1.54, 1.807) is 0 Å². The van der Waals surface area contributed by atoms with Crippen molar-refractivity contribution >= 4 is 19.1 Å². The van der Waals surface area contributed by atoms with Gasteiger partial charge in [0.05, 0.1) is 5.39 Å². The van der Waals surface area contributed by atoms with Crippen molar-refractivity contribution in [2.45, 2.75) is 51.3 Å². The Morgan fingerprint density at radius 2 is 2.15 bits per heavy atom. The summed E-state index contributed by atoms with van der Waals surface area (Å²) in [5, 5.41) is 0.858. The number of nitrogens with zero attached hydrogens (tertiary/aromatic N) is 4. The van der Waals surface area contributed by atoms with Gasteiger partial charge in [0.15, 0.2) is 0 Å². The van der Waals surface area contributed by atoms with Crippen LogP contribution in [0.15, 0.2) is 12.3 Å². The predicted octanol–water partition coefficient (Wildman–Crippen LogP) is 3.20. The largest absolute Gasteiger partial charge is 0.462 e. The highest BCUT2D eigenvalue weighted by Crippen LogP contribution is 2.21. The summed E-state index contributed by atoms with van der Waals surface area (Å²) in [7, 11) is 1.03. The summed E-state index contributed by atoms with van der Waals surface area (Å²) in [6.45, 7) is 9.96. The number of likely N-dealkylation sites (tertiary alicyclic amines) is 1. The van der Waals surface area contributed by atoms with Crippen molar-refractivity contribution in [3.63, 3.8) is 0 Å². The van der Waals surface area contributed by atoms with Crippen LogP contribution in [0.5, 0.6) is 6.01 Å². The second kappa shape index (κ2) is 8.42. The molecule has 1 aliphatic rings. The maximum atomic E-state index is 5.90. The molecule has 1 aliphatic heterocycles. The molecule has 2 aromatic heterocycles. The Bertz CT molecular complexity index is 822. The Balaban J connectivity index is 1.71. The molecule has 7 heteroatoms. The van der Waals surface area contributed by atoms with E-state index in [1.165, 1.54) is 6.42 Å². The topological polar surface area (TPSA) is 52.4 Å². The summed E-state index contributed by atoms with van der Waals surface area (Å²) in [5.74, 6) is 2.66. The van der Waals surface area contributed by atoms with E-state index in [9.17, 15) is 0 Å². The lowest BCUT2D eigenvalue weighted by atomic mass is 10.2. The van der Waals surface area contributed by atoms with Gasteiger partial charge in [-0.3, -0.25) is 0 Å². The summed E-state index contributed by atoms with van der Waals surface area (Å²) >= 11 is 0. The van der Waals surface area contributed by atoms with Gasteiger partial charge in [0, 0.05) is 26.9 Å². The van der Waals surface area contributed by atoms with Gasteiger partial charge in [-0.15, -0.1) is 6.42 Å². The van der Waals surface area contributed by atoms with E-state index in [1.807, 2.05) is 16.8 Å². The van der Waals surface area contributed by atoms with Gasteiger partial charge in [-0.25, -0.2) is 0 Å². The minimum Gasteiger partial charge on any atom is -0.462 e. The predicted molar refractivity (Wildman–Crippen MR) is 111 cm³/mol. The molecule has 0 N–H and O–H groups in total. The Hall–Kier alpha value is -1.88. The van der Waals surface area contributed by atoms with Gasteiger partial charge < -0.3 is 18.9 Å². The van der Waals surface area contributed by atoms with Crippen LogP contribution in [0.4, 0.5) is 0 Å². The van der Waals surface area contributed by atoms with Gasteiger partial charge in [-0.1, -0.05) is 19.6 Å². The number of hydrogen-bond donors (Lipinski definition) is 0. The lowest BCUT2D eigenvalue weighted by Gasteiger charge is -2.19. The second-order valence-electron chi connectivity index (χ2n) is 8.46. The number of terminal acetylenes is 1. The summed E-state index contributed by atoms with van der Waals surface area (Å²) in [4.78, 5) is 11.3. The zero-order valence-corrected chi connectivity index (χ0v) is 17.9. The van der Waals surface area contributed by atoms with Gasteiger partial charge >= 0.3 is 6.01 Å². The Morgan fingerprint density at radius 3 is 2.81 bits per heavy atom. The van der Waals surface area contributed by atoms with Gasteiger partial charge in [-0.2, -0.15) is 9.97 Å². The summed E-state index contributed by atoms with van der Waals surface area (Å²) < 4.78 is 13.7. The van der Waals surface area contributed by atoms with Crippen molar-refractivity contribution in [3.8, 4) is 18.4 Å². The third-order valence-corrected chi connectivity index (χ3v) is 6.74. The van der Waals surface area contributed by atoms with Gasteiger partial charge in [-0.05, 0) is 44.5 Å². The maximum Gasteiger partial charge on any atom is 0.319 e. The molecule has 3 heterocycles. The van der Waals surface area contributed by atoms with Crippen molar-refractivity contribution in [1.29, 1.82) is 0 Å². The first-order valence-corrected chi connectivity index (χ1v) is 13.3. The van der Waals surface area contributed by atoms with Crippen molar-refractivity contribution in [2.24, 2.45) is 0 Å². The first-order chi connectivity index (χ1) is 12.9.